The summed E-state index contributed by atoms with van der Waals surface area (Å²) in [5.74, 6) is -1.33. The van der Waals surface area contributed by atoms with Crippen LogP contribution in [0.15, 0.2) is 17.7 Å². The monoisotopic (exact) mass is 345 g/mol. The number of carboxylic acid groups (broad SMARTS) is 1. The fraction of sp³-hybridized carbons (Fsp3) is 0.444. The maximum absolute atomic E-state index is 14.8. The van der Waals surface area contributed by atoms with Gasteiger partial charge in [0, 0.05) is 6.61 Å². The van der Waals surface area contributed by atoms with Crippen LogP contribution in [0.1, 0.15) is 35.4 Å². The van der Waals surface area contributed by atoms with Crippen molar-refractivity contribution in [2.24, 2.45) is 0 Å². The highest BCUT2D eigenvalue weighted by atomic mass is 19.1. The number of carboxylic acids is 1. The normalized spacial score (nSPS) is 20.5. The summed E-state index contributed by atoms with van der Waals surface area (Å²) in [6.07, 6.45) is 4.83. The van der Waals surface area contributed by atoms with Gasteiger partial charge < -0.3 is 19.7 Å². The molecule has 3 heterocycles. The van der Waals surface area contributed by atoms with Crippen LogP contribution in [0.2, 0.25) is 0 Å². The van der Waals surface area contributed by atoms with Crippen LogP contribution in [0.25, 0.3) is 17.1 Å². The number of ether oxygens (including phenoxy) is 1. The summed E-state index contributed by atoms with van der Waals surface area (Å²) < 4.78 is 22.1. The van der Waals surface area contributed by atoms with Crippen LogP contribution >= 0.6 is 0 Å². The molecule has 6 nitrogen and oxygen atoms in total. The molecule has 132 valence electrons. The molecule has 0 bridgehead atoms. The third kappa shape index (κ3) is 3.05. The zero-order valence-electron chi connectivity index (χ0n) is 13.8. The van der Waals surface area contributed by atoms with E-state index in [-0.39, 0.29) is 17.2 Å². The Morgan fingerprint density at radius 1 is 1.44 bits per heavy atom. The molecule has 25 heavy (non-hydrogen) atoms. The minimum absolute atomic E-state index is 0.0236. The van der Waals surface area contributed by atoms with Crippen molar-refractivity contribution in [2.75, 3.05) is 19.7 Å². The molecule has 2 N–H and O–H groups in total. The molecule has 7 heteroatoms. The van der Waals surface area contributed by atoms with Gasteiger partial charge in [0.2, 0.25) is 0 Å². The van der Waals surface area contributed by atoms with Crippen LogP contribution in [0.3, 0.4) is 0 Å². The molecule has 2 aliphatic heterocycles. The molecule has 0 amide bonds. The predicted molar refractivity (Wildman–Crippen MR) is 91.1 cm³/mol. The topological polar surface area (TPSA) is 76.4 Å². The number of nitrogens with zero attached hydrogens (tertiary/aromatic N) is 2. The molecule has 2 saturated heterocycles. The first-order valence-electron chi connectivity index (χ1n) is 8.57. The Labute approximate surface area is 144 Å². The molecule has 1 aromatic carbocycles. The summed E-state index contributed by atoms with van der Waals surface area (Å²) in [7, 11) is 0. The lowest BCUT2D eigenvalue weighted by Crippen LogP contribution is -2.31. The van der Waals surface area contributed by atoms with Gasteiger partial charge in [0.25, 0.3) is 0 Å². The number of aromatic carboxylic acids is 1. The van der Waals surface area contributed by atoms with E-state index in [1.54, 1.807) is 10.6 Å². The molecule has 2 fully saturated rings. The van der Waals surface area contributed by atoms with Crippen molar-refractivity contribution in [1.29, 1.82) is 0 Å². The fourth-order valence-electron chi connectivity index (χ4n) is 3.37. The molecular weight excluding hydrogens is 325 g/mol. The van der Waals surface area contributed by atoms with Crippen molar-refractivity contribution < 1.29 is 19.0 Å². The van der Waals surface area contributed by atoms with Gasteiger partial charge in [-0.2, -0.15) is 0 Å². The van der Waals surface area contributed by atoms with E-state index in [2.05, 4.69) is 10.3 Å². The van der Waals surface area contributed by atoms with E-state index in [0.29, 0.717) is 24.5 Å². The Hall–Kier alpha value is -2.25. The molecular formula is C18H20FN3O3. The van der Waals surface area contributed by atoms with Gasteiger partial charge in [-0.1, -0.05) is 5.57 Å². The van der Waals surface area contributed by atoms with E-state index < -0.39 is 11.8 Å². The van der Waals surface area contributed by atoms with Crippen LogP contribution in [-0.4, -0.2) is 46.4 Å². The molecule has 0 aliphatic carbocycles. The maximum Gasteiger partial charge on any atom is 0.338 e. The number of fused-ring (bicyclic) bond motifs is 1. The zero-order valence-corrected chi connectivity index (χ0v) is 13.8. The molecule has 0 radical (unpaired) electrons. The smallest absolute Gasteiger partial charge is 0.338 e. The number of nitrogens with one attached hydrogen (secondary N) is 1. The Kier molecular flexibility index (Phi) is 4.27. The van der Waals surface area contributed by atoms with Gasteiger partial charge in [0.05, 0.1) is 23.7 Å². The summed E-state index contributed by atoms with van der Waals surface area (Å²) in [5.41, 5.74) is 1.66. The number of benzene rings is 1. The Morgan fingerprint density at radius 3 is 2.84 bits per heavy atom. The summed E-state index contributed by atoms with van der Waals surface area (Å²) in [4.78, 5) is 15.8. The van der Waals surface area contributed by atoms with Gasteiger partial charge in [0.15, 0.2) is 5.82 Å². The Balaban J connectivity index is 1.84. The molecule has 0 saturated carbocycles. The average Bonchev–Trinajstić information content (AvgIpc) is 2.90. The Bertz CT molecular complexity index is 847. The quantitative estimate of drug-likeness (QED) is 0.890. The highest BCUT2D eigenvalue weighted by molar-refractivity contribution is 5.93. The van der Waals surface area contributed by atoms with Crippen molar-refractivity contribution in [3.8, 4) is 0 Å². The second kappa shape index (κ2) is 6.57. The Morgan fingerprint density at radius 2 is 2.20 bits per heavy atom. The fourth-order valence-corrected chi connectivity index (χ4v) is 3.37. The van der Waals surface area contributed by atoms with Gasteiger partial charge >= 0.3 is 5.97 Å². The van der Waals surface area contributed by atoms with Crippen molar-refractivity contribution in [1.82, 2.24) is 14.9 Å². The maximum atomic E-state index is 14.8. The van der Waals surface area contributed by atoms with Gasteiger partial charge in [-0.25, -0.2) is 14.2 Å². The van der Waals surface area contributed by atoms with E-state index in [1.807, 2.05) is 6.08 Å². The number of rotatable bonds is 4. The molecule has 0 unspecified atom stereocenters. The largest absolute Gasteiger partial charge is 0.478 e. The molecule has 2 aliphatic rings. The minimum atomic E-state index is -1.27. The number of piperidine rings is 1. The zero-order chi connectivity index (χ0) is 17.4. The SMILES string of the molecule is O=C(O)c1ccc2nc(C=C3CCNCC3)n(C[C@@H]3CCO3)c2c1F. The van der Waals surface area contributed by atoms with E-state index in [9.17, 15) is 14.3 Å². The van der Waals surface area contributed by atoms with Gasteiger partial charge in [0.1, 0.15) is 11.3 Å². The van der Waals surface area contributed by atoms with E-state index in [4.69, 9.17) is 4.74 Å². The number of halogens is 1. The van der Waals surface area contributed by atoms with Gasteiger partial charge in [-0.3, -0.25) is 0 Å². The number of hydrogen-bond donors (Lipinski definition) is 2. The van der Waals surface area contributed by atoms with E-state index in [1.165, 1.54) is 11.6 Å². The summed E-state index contributed by atoms with van der Waals surface area (Å²) in [6, 6.07) is 2.85. The molecule has 2 aromatic rings. The summed E-state index contributed by atoms with van der Waals surface area (Å²) in [5, 5.41) is 12.5. The number of imidazole rings is 1. The third-order valence-corrected chi connectivity index (χ3v) is 4.87. The lowest BCUT2D eigenvalue weighted by Gasteiger charge is -2.27. The molecule has 4 rings (SSSR count). The van der Waals surface area contributed by atoms with Crippen LogP contribution in [-0.2, 0) is 11.3 Å². The second-order valence-electron chi connectivity index (χ2n) is 6.51. The van der Waals surface area contributed by atoms with Crippen molar-refractivity contribution in [2.45, 2.75) is 31.9 Å². The lowest BCUT2D eigenvalue weighted by molar-refractivity contribution is -0.0588. The van der Waals surface area contributed by atoms with Crippen LogP contribution in [0, 0.1) is 5.82 Å². The minimum Gasteiger partial charge on any atom is -0.478 e. The first kappa shape index (κ1) is 16.2. The van der Waals surface area contributed by atoms with Crippen molar-refractivity contribution in [3.63, 3.8) is 0 Å². The first-order valence-corrected chi connectivity index (χ1v) is 8.57. The van der Waals surface area contributed by atoms with E-state index >= 15 is 0 Å². The highest BCUT2D eigenvalue weighted by Gasteiger charge is 2.25. The van der Waals surface area contributed by atoms with Gasteiger partial charge in [-0.05, 0) is 50.6 Å². The van der Waals surface area contributed by atoms with Crippen LogP contribution < -0.4 is 5.32 Å². The number of carbonyl (C=O) groups is 1. The summed E-state index contributed by atoms with van der Waals surface area (Å²) in [6.45, 7) is 3.04. The van der Waals surface area contributed by atoms with Crippen molar-refractivity contribution in [3.05, 3.63) is 34.9 Å². The molecule has 0 spiro atoms. The van der Waals surface area contributed by atoms with Crippen LogP contribution in [0.5, 0.6) is 0 Å². The number of hydrogen-bond acceptors (Lipinski definition) is 4. The molecule has 1 atom stereocenters. The summed E-state index contributed by atoms with van der Waals surface area (Å²) >= 11 is 0. The second-order valence-corrected chi connectivity index (χ2v) is 6.51. The third-order valence-electron chi connectivity index (χ3n) is 4.87. The predicted octanol–water partition coefficient (Wildman–Crippen LogP) is 2.43. The lowest BCUT2D eigenvalue weighted by atomic mass is 10.1. The first-order chi connectivity index (χ1) is 12.1. The van der Waals surface area contributed by atoms with Gasteiger partial charge in [-0.15, -0.1) is 0 Å². The van der Waals surface area contributed by atoms with E-state index in [0.717, 1.165) is 32.4 Å². The molecule has 1 aromatic heterocycles. The standard InChI is InChI=1S/C18H20FN3O3/c19-16-13(18(23)24)1-2-14-17(16)22(10-12-5-8-25-12)15(21-14)9-11-3-6-20-7-4-11/h1-2,9,12,20H,3-8,10H2,(H,23,24)/t12-/m0/s1. The number of aromatic nitrogens is 2. The highest BCUT2D eigenvalue weighted by Crippen LogP contribution is 2.27. The van der Waals surface area contributed by atoms with Crippen molar-refractivity contribution >= 4 is 23.1 Å². The average molecular weight is 345 g/mol. The van der Waals surface area contributed by atoms with Crippen LogP contribution in [0.4, 0.5) is 4.39 Å².